The number of hydrogen-bond donors (Lipinski definition) is 1. The second kappa shape index (κ2) is 9.10. The number of hydrogen-bond acceptors (Lipinski definition) is 3. The molecule has 1 unspecified atom stereocenters. The number of amides is 1. The third kappa shape index (κ3) is 4.58. The van der Waals surface area contributed by atoms with E-state index in [1.165, 1.54) is 12.3 Å². The number of carbonyl (C=O) groups excluding carboxylic acids is 1. The summed E-state index contributed by atoms with van der Waals surface area (Å²) >= 11 is 0. The van der Waals surface area contributed by atoms with Crippen LogP contribution in [0.25, 0.3) is 0 Å². The summed E-state index contributed by atoms with van der Waals surface area (Å²) in [5.41, 5.74) is 5.65. The highest BCUT2D eigenvalue weighted by molar-refractivity contribution is 5.94. The van der Waals surface area contributed by atoms with Crippen LogP contribution in [0.15, 0.2) is 18.5 Å². The first kappa shape index (κ1) is 19.1. The summed E-state index contributed by atoms with van der Waals surface area (Å²) < 4.78 is 13.5. The Morgan fingerprint density at radius 2 is 2.25 bits per heavy atom. The Bertz CT molecular complexity index is 432. The Balaban J connectivity index is 0.00000180. The zero-order chi connectivity index (χ0) is 13.0. The molecule has 114 valence electrons. The summed E-state index contributed by atoms with van der Waals surface area (Å²) in [6.07, 6.45) is 5.50. The molecule has 0 saturated carbocycles. The highest BCUT2D eigenvalue weighted by atomic mass is 35.5. The van der Waals surface area contributed by atoms with E-state index in [0.717, 1.165) is 25.5 Å². The quantitative estimate of drug-likeness (QED) is 0.928. The monoisotopic (exact) mass is 323 g/mol. The van der Waals surface area contributed by atoms with Crippen LogP contribution < -0.4 is 5.73 Å². The molecule has 2 heterocycles. The van der Waals surface area contributed by atoms with Gasteiger partial charge in [-0.15, -0.1) is 24.8 Å². The van der Waals surface area contributed by atoms with Crippen molar-refractivity contribution in [1.29, 1.82) is 0 Å². The zero-order valence-electron chi connectivity index (χ0n) is 11.1. The van der Waals surface area contributed by atoms with Gasteiger partial charge >= 0.3 is 0 Å². The van der Waals surface area contributed by atoms with E-state index in [0.29, 0.717) is 25.6 Å². The fourth-order valence-corrected chi connectivity index (χ4v) is 2.44. The first-order chi connectivity index (χ1) is 8.72. The summed E-state index contributed by atoms with van der Waals surface area (Å²) in [7, 11) is 0. The molecule has 4 nitrogen and oxygen atoms in total. The number of likely N-dealkylation sites (tertiary alicyclic amines) is 1. The van der Waals surface area contributed by atoms with Crippen molar-refractivity contribution in [3.8, 4) is 0 Å². The molecular weight excluding hydrogens is 304 g/mol. The van der Waals surface area contributed by atoms with E-state index in [2.05, 4.69) is 4.98 Å². The van der Waals surface area contributed by atoms with Gasteiger partial charge in [0.05, 0.1) is 11.8 Å². The summed E-state index contributed by atoms with van der Waals surface area (Å²) in [5, 5.41) is 0. The lowest BCUT2D eigenvalue weighted by molar-refractivity contribution is 0.0664. The number of piperidine rings is 1. The molecule has 7 heteroatoms. The molecule has 0 aromatic carbocycles. The Kier molecular flexibility index (Phi) is 8.69. The van der Waals surface area contributed by atoms with Crippen molar-refractivity contribution in [3.05, 3.63) is 29.8 Å². The second-order valence-corrected chi connectivity index (χ2v) is 4.69. The molecule has 1 saturated heterocycles. The number of nitrogens with zero attached hydrogens (tertiary/aromatic N) is 2. The number of aromatic nitrogens is 1. The van der Waals surface area contributed by atoms with Gasteiger partial charge in [-0.05, 0) is 37.8 Å². The van der Waals surface area contributed by atoms with Gasteiger partial charge in [0.2, 0.25) is 0 Å². The maximum Gasteiger partial charge on any atom is 0.256 e. The predicted octanol–water partition coefficient (Wildman–Crippen LogP) is 2.27. The molecule has 0 bridgehead atoms. The van der Waals surface area contributed by atoms with E-state index < -0.39 is 5.82 Å². The van der Waals surface area contributed by atoms with Crippen LogP contribution in [0.5, 0.6) is 0 Å². The molecule has 1 aromatic heterocycles. The van der Waals surface area contributed by atoms with E-state index in [4.69, 9.17) is 5.73 Å². The van der Waals surface area contributed by atoms with Gasteiger partial charge < -0.3 is 10.6 Å². The largest absolute Gasteiger partial charge is 0.338 e. The van der Waals surface area contributed by atoms with Gasteiger partial charge in [-0.2, -0.15) is 0 Å². The maximum absolute atomic E-state index is 13.5. The SMILES string of the molecule is Cl.Cl.NCCC1CCCN(C(=O)c2ccncc2F)C1. The summed E-state index contributed by atoms with van der Waals surface area (Å²) in [4.78, 5) is 17.6. The minimum absolute atomic E-state index is 0. The van der Waals surface area contributed by atoms with Crippen LogP contribution >= 0.6 is 24.8 Å². The summed E-state index contributed by atoms with van der Waals surface area (Å²) in [5.74, 6) is -0.349. The van der Waals surface area contributed by atoms with Gasteiger partial charge in [-0.1, -0.05) is 0 Å². The lowest BCUT2D eigenvalue weighted by Gasteiger charge is -2.32. The van der Waals surface area contributed by atoms with Crippen LogP contribution in [0, 0.1) is 11.7 Å². The first-order valence-corrected chi connectivity index (χ1v) is 6.31. The highest BCUT2D eigenvalue weighted by Crippen LogP contribution is 2.21. The van der Waals surface area contributed by atoms with Crippen LogP contribution in [0.2, 0.25) is 0 Å². The molecule has 1 atom stereocenters. The van der Waals surface area contributed by atoms with E-state index >= 15 is 0 Å². The average molecular weight is 324 g/mol. The number of rotatable bonds is 3. The average Bonchev–Trinajstić information content (AvgIpc) is 2.39. The maximum atomic E-state index is 13.5. The first-order valence-electron chi connectivity index (χ1n) is 6.31. The molecule has 1 aliphatic rings. The van der Waals surface area contributed by atoms with Crippen molar-refractivity contribution in [2.75, 3.05) is 19.6 Å². The lowest BCUT2D eigenvalue weighted by atomic mass is 9.94. The molecule has 1 fully saturated rings. The van der Waals surface area contributed by atoms with Gasteiger partial charge in [0.15, 0.2) is 5.82 Å². The summed E-state index contributed by atoms with van der Waals surface area (Å²) in [6.45, 7) is 2.01. The molecule has 1 amide bonds. The van der Waals surface area contributed by atoms with Gasteiger partial charge in [-0.3, -0.25) is 9.78 Å². The van der Waals surface area contributed by atoms with Crippen molar-refractivity contribution in [2.24, 2.45) is 11.7 Å². The number of halogens is 3. The molecular formula is C13H20Cl2FN3O. The van der Waals surface area contributed by atoms with Crippen LogP contribution in [0.3, 0.4) is 0 Å². The Hall–Kier alpha value is -0.910. The van der Waals surface area contributed by atoms with E-state index in [9.17, 15) is 9.18 Å². The fourth-order valence-electron chi connectivity index (χ4n) is 2.44. The predicted molar refractivity (Wildman–Crippen MR) is 81.0 cm³/mol. The van der Waals surface area contributed by atoms with Gasteiger partial charge in [0, 0.05) is 19.3 Å². The Morgan fingerprint density at radius 1 is 1.50 bits per heavy atom. The Morgan fingerprint density at radius 3 is 2.90 bits per heavy atom. The topological polar surface area (TPSA) is 59.2 Å². The minimum Gasteiger partial charge on any atom is -0.338 e. The second-order valence-electron chi connectivity index (χ2n) is 4.69. The number of pyridine rings is 1. The highest BCUT2D eigenvalue weighted by Gasteiger charge is 2.25. The molecule has 0 radical (unpaired) electrons. The van der Waals surface area contributed by atoms with Crippen LogP contribution in [-0.2, 0) is 0 Å². The van der Waals surface area contributed by atoms with Crippen molar-refractivity contribution in [2.45, 2.75) is 19.3 Å². The molecule has 1 aromatic rings. The molecule has 2 N–H and O–H groups in total. The molecule has 0 spiro atoms. The van der Waals surface area contributed by atoms with Crippen LogP contribution in [0.1, 0.15) is 29.6 Å². The van der Waals surface area contributed by atoms with Crippen molar-refractivity contribution >= 4 is 30.7 Å². The molecule has 0 aliphatic carbocycles. The van der Waals surface area contributed by atoms with E-state index in [1.54, 1.807) is 4.90 Å². The third-order valence-electron chi connectivity index (χ3n) is 3.38. The fraction of sp³-hybridized carbons (Fsp3) is 0.538. The van der Waals surface area contributed by atoms with Gasteiger partial charge in [-0.25, -0.2) is 4.39 Å². The smallest absolute Gasteiger partial charge is 0.256 e. The van der Waals surface area contributed by atoms with Crippen molar-refractivity contribution < 1.29 is 9.18 Å². The van der Waals surface area contributed by atoms with E-state index in [-0.39, 0.29) is 36.3 Å². The van der Waals surface area contributed by atoms with Crippen LogP contribution in [-0.4, -0.2) is 35.4 Å². The Labute approximate surface area is 130 Å². The van der Waals surface area contributed by atoms with Crippen molar-refractivity contribution in [3.63, 3.8) is 0 Å². The molecule has 1 aliphatic heterocycles. The molecule has 20 heavy (non-hydrogen) atoms. The summed E-state index contributed by atoms with van der Waals surface area (Å²) in [6, 6.07) is 1.43. The van der Waals surface area contributed by atoms with Crippen molar-refractivity contribution in [1.82, 2.24) is 9.88 Å². The third-order valence-corrected chi connectivity index (χ3v) is 3.38. The molecule has 2 rings (SSSR count). The minimum atomic E-state index is -0.552. The van der Waals surface area contributed by atoms with E-state index in [1.807, 2.05) is 0 Å². The zero-order valence-corrected chi connectivity index (χ0v) is 12.8. The lowest BCUT2D eigenvalue weighted by Crippen LogP contribution is -2.40. The number of nitrogens with two attached hydrogens (primary N) is 1. The number of carbonyl (C=O) groups is 1. The van der Waals surface area contributed by atoms with Crippen LogP contribution in [0.4, 0.5) is 4.39 Å². The standard InChI is InChI=1S/C13H18FN3O.2ClH/c14-12-8-16-6-4-11(12)13(18)17-7-1-2-10(9-17)3-5-15;;/h4,6,8,10H,1-3,5,7,9,15H2;2*1H. The van der Waals surface area contributed by atoms with Gasteiger partial charge in [0.1, 0.15) is 0 Å². The normalized spacial score (nSPS) is 17.9. The van der Waals surface area contributed by atoms with Gasteiger partial charge in [0.25, 0.3) is 5.91 Å².